The normalized spacial score (nSPS) is 11.0. The topological polar surface area (TPSA) is 46.9 Å². The van der Waals surface area contributed by atoms with Crippen LogP contribution in [0.3, 0.4) is 0 Å². The van der Waals surface area contributed by atoms with Gasteiger partial charge in [-0.25, -0.2) is 4.68 Å². The number of carbonyl (C=O) groups is 1. The molecule has 0 spiro atoms. The van der Waals surface area contributed by atoms with Crippen molar-refractivity contribution in [3.63, 3.8) is 0 Å². The van der Waals surface area contributed by atoms with Gasteiger partial charge in [-0.15, -0.1) is 0 Å². The second-order valence-corrected chi connectivity index (χ2v) is 5.72. The first-order valence-electron chi connectivity index (χ1n) is 7.09. The van der Waals surface area contributed by atoms with E-state index in [1.807, 2.05) is 52.0 Å². The van der Waals surface area contributed by atoms with Crippen molar-refractivity contribution < 1.29 is 4.79 Å². The van der Waals surface area contributed by atoms with Crippen LogP contribution in [0.4, 0.5) is 0 Å². The van der Waals surface area contributed by atoms with Gasteiger partial charge in [-0.3, -0.25) is 4.79 Å². The minimum Gasteiger partial charge on any atom is -0.350 e. The number of nitrogens with one attached hydrogen (secondary N) is 1. The Morgan fingerprint density at radius 1 is 1.43 bits per heavy atom. The number of aromatic nitrogens is 2. The Morgan fingerprint density at radius 2 is 2.14 bits per heavy atom. The van der Waals surface area contributed by atoms with Crippen molar-refractivity contribution in [2.45, 2.75) is 40.2 Å². The number of carbonyl (C=O) groups excluding carboxylic acids is 1. The van der Waals surface area contributed by atoms with Gasteiger partial charge in [0, 0.05) is 11.1 Å². The van der Waals surface area contributed by atoms with Gasteiger partial charge in [0.2, 0.25) is 0 Å². The highest BCUT2D eigenvalue weighted by Gasteiger charge is 2.21. The molecule has 0 aliphatic heterocycles. The Labute approximate surface area is 130 Å². The van der Waals surface area contributed by atoms with Gasteiger partial charge in [-0.1, -0.05) is 24.6 Å². The van der Waals surface area contributed by atoms with Crippen LogP contribution in [0.2, 0.25) is 5.02 Å². The highest BCUT2D eigenvalue weighted by Crippen LogP contribution is 2.21. The SMILES string of the molecule is CCc1c(C(=O)NC(C)C)c(C)nn1-c1cccc(Cl)c1. The molecule has 2 aromatic rings. The molecule has 2 rings (SSSR count). The summed E-state index contributed by atoms with van der Waals surface area (Å²) in [5, 5.41) is 8.10. The zero-order chi connectivity index (χ0) is 15.6. The Hall–Kier alpha value is -1.81. The molecule has 4 nitrogen and oxygen atoms in total. The summed E-state index contributed by atoms with van der Waals surface area (Å²) < 4.78 is 1.80. The number of benzene rings is 1. The molecule has 5 heteroatoms. The quantitative estimate of drug-likeness (QED) is 0.939. The van der Waals surface area contributed by atoms with Crippen LogP contribution in [0.25, 0.3) is 5.69 Å². The van der Waals surface area contributed by atoms with E-state index >= 15 is 0 Å². The van der Waals surface area contributed by atoms with Crippen LogP contribution in [0.5, 0.6) is 0 Å². The predicted molar refractivity (Wildman–Crippen MR) is 85.3 cm³/mol. The molecular weight excluding hydrogens is 286 g/mol. The summed E-state index contributed by atoms with van der Waals surface area (Å²) in [5.41, 5.74) is 3.15. The molecule has 1 aromatic carbocycles. The lowest BCUT2D eigenvalue weighted by molar-refractivity contribution is 0.0941. The van der Waals surface area contributed by atoms with E-state index in [0.717, 1.165) is 17.1 Å². The van der Waals surface area contributed by atoms with Gasteiger partial charge in [-0.2, -0.15) is 5.10 Å². The minimum absolute atomic E-state index is 0.0763. The smallest absolute Gasteiger partial charge is 0.255 e. The predicted octanol–water partition coefficient (Wildman–Crippen LogP) is 3.53. The summed E-state index contributed by atoms with van der Waals surface area (Å²) in [6.45, 7) is 7.76. The van der Waals surface area contributed by atoms with Crippen LogP contribution in [0.1, 0.15) is 42.5 Å². The fourth-order valence-electron chi connectivity index (χ4n) is 2.35. The van der Waals surface area contributed by atoms with E-state index in [1.54, 1.807) is 4.68 Å². The molecule has 0 aliphatic rings. The summed E-state index contributed by atoms with van der Waals surface area (Å²) >= 11 is 6.05. The number of amides is 1. The third kappa shape index (κ3) is 3.27. The van der Waals surface area contributed by atoms with Crippen LogP contribution in [0, 0.1) is 6.92 Å². The lowest BCUT2D eigenvalue weighted by Gasteiger charge is -2.10. The maximum Gasteiger partial charge on any atom is 0.255 e. The minimum atomic E-state index is -0.0763. The zero-order valence-corrected chi connectivity index (χ0v) is 13.5. The molecule has 0 bridgehead atoms. The second kappa shape index (κ2) is 6.31. The van der Waals surface area contributed by atoms with Gasteiger partial charge in [0.05, 0.1) is 22.6 Å². The van der Waals surface area contributed by atoms with Crippen molar-refractivity contribution in [3.8, 4) is 5.69 Å². The van der Waals surface area contributed by atoms with Crippen molar-refractivity contribution in [2.75, 3.05) is 0 Å². The van der Waals surface area contributed by atoms with E-state index in [1.165, 1.54) is 0 Å². The lowest BCUT2D eigenvalue weighted by atomic mass is 10.1. The molecule has 1 heterocycles. The highest BCUT2D eigenvalue weighted by atomic mass is 35.5. The van der Waals surface area contributed by atoms with E-state index in [4.69, 9.17) is 11.6 Å². The third-order valence-corrected chi connectivity index (χ3v) is 3.43. The van der Waals surface area contributed by atoms with E-state index < -0.39 is 0 Å². The summed E-state index contributed by atoms with van der Waals surface area (Å²) in [5.74, 6) is -0.0763. The zero-order valence-electron chi connectivity index (χ0n) is 12.8. The van der Waals surface area contributed by atoms with Crippen LogP contribution in [-0.4, -0.2) is 21.7 Å². The second-order valence-electron chi connectivity index (χ2n) is 5.28. The lowest BCUT2D eigenvalue weighted by Crippen LogP contribution is -2.31. The Bertz CT molecular complexity index is 662. The van der Waals surface area contributed by atoms with E-state index in [9.17, 15) is 4.79 Å². The number of hydrogen-bond donors (Lipinski definition) is 1. The average Bonchev–Trinajstić information content (AvgIpc) is 2.74. The van der Waals surface area contributed by atoms with E-state index in [-0.39, 0.29) is 11.9 Å². The van der Waals surface area contributed by atoms with Gasteiger partial charge in [-0.05, 0) is 45.4 Å². The highest BCUT2D eigenvalue weighted by molar-refractivity contribution is 6.30. The number of nitrogens with zero attached hydrogens (tertiary/aromatic N) is 2. The maximum atomic E-state index is 12.4. The summed E-state index contributed by atoms with van der Waals surface area (Å²) in [7, 11) is 0. The van der Waals surface area contributed by atoms with Crippen molar-refractivity contribution in [3.05, 3.63) is 46.2 Å². The number of hydrogen-bond acceptors (Lipinski definition) is 2. The van der Waals surface area contributed by atoms with Crippen molar-refractivity contribution in [1.29, 1.82) is 0 Å². The standard InChI is InChI=1S/C16H20ClN3O/c1-5-14-15(16(21)18-10(2)3)11(4)19-20(14)13-8-6-7-12(17)9-13/h6-10H,5H2,1-4H3,(H,18,21). The molecule has 1 amide bonds. The molecule has 0 atom stereocenters. The maximum absolute atomic E-state index is 12.4. The van der Waals surface area contributed by atoms with Crippen LogP contribution < -0.4 is 5.32 Å². The number of aryl methyl sites for hydroxylation is 1. The van der Waals surface area contributed by atoms with Gasteiger partial charge < -0.3 is 5.32 Å². The van der Waals surface area contributed by atoms with Gasteiger partial charge in [0.15, 0.2) is 0 Å². The molecule has 0 fully saturated rings. The molecule has 1 aromatic heterocycles. The van der Waals surface area contributed by atoms with Crippen LogP contribution in [-0.2, 0) is 6.42 Å². The largest absolute Gasteiger partial charge is 0.350 e. The average molecular weight is 306 g/mol. The third-order valence-electron chi connectivity index (χ3n) is 3.19. The monoisotopic (exact) mass is 305 g/mol. The summed E-state index contributed by atoms with van der Waals surface area (Å²) in [4.78, 5) is 12.4. The molecular formula is C16H20ClN3O. The molecule has 0 aliphatic carbocycles. The summed E-state index contributed by atoms with van der Waals surface area (Å²) in [6.07, 6.45) is 0.716. The van der Waals surface area contributed by atoms with Crippen LogP contribution in [0.15, 0.2) is 24.3 Å². The van der Waals surface area contributed by atoms with E-state index in [2.05, 4.69) is 10.4 Å². The first kappa shape index (κ1) is 15.6. The van der Waals surface area contributed by atoms with Crippen LogP contribution >= 0.6 is 11.6 Å². The molecule has 0 saturated heterocycles. The molecule has 0 unspecified atom stereocenters. The van der Waals surface area contributed by atoms with Gasteiger partial charge >= 0.3 is 0 Å². The van der Waals surface area contributed by atoms with Gasteiger partial charge in [0.25, 0.3) is 5.91 Å². The van der Waals surface area contributed by atoms with Crippen molar-refractivity contribution in [1.82, 2.24) is 15.1 Å². The Balaban J connectivity index is 2.52. The first-order valence-corrected chi connectivity index (χ1v) is 7.47. The van der Waals surface area contributed by atoms with Crippen molar-refractivity contribution >= 4 is 17.5 Å². The fraction of sp³-hybridized carbons (Fsp3) is 0.375. The molecule has 0 saturated carbocycles. The molecule has 21 heavy (non-hydrogen) atoms. The van der Waals surface area contributed by atoms with Gasteiger partial charge in [0.1, 0.15) is 0 Å². The molecule has 1 N–H and O–H groups in total. The fourth-order valence-corrected chi connectivity index (χ4v) is 2.54. The number of rotatable bonds is 4. The van der Waals surface area contributed by atoms with E-state index in [0.29, 0.717) is 17.0 Å². The molecule has 0 radical (unpaired) electrons. The molecule has 112 valence electrons. The first-order chi connectivity index (χ1) is 9.93. The summed E-state index contributed by atoms with van der Waals surface area (Å²) in [6, 6.07) is 7.57. The Kier molecular flexibility index (Phi) is 4.68. The van der Waals surface area contributed by atoms with Crippen molar-refractivity contribution in [2.24, 2.45) is 0 Å². The Morgan fingerprint density at radius 3 is 2.71 bits per heavy atom. The number of halogens is 1.